The Morgan fingerprint density at radius 1 is 1.00 bits per heavy atom. The molecule has 1 aromatic carbocycles. The van der Waals surface area contributed by atoms with Crippen molar-refractivity contribution < 1.29 is 8.78 Å². The molecule has 0 amide bonds. The summed E-state index contributed by atoms with van der Waals surface area (Å²) in [5.74, 6) is -1.19. The van der Waals surface area contributed by atoms with Crippen LogP contribution in [0.1, 0.15) is 26.5 Å². The van der Waals surface area contributed by atoms with Crippen LogP contribution in [0.3, 0.4) is 0 Å². The molecule has 4 heteroatoms. The minimum atomic E-state index is -0.597. The number of hydrogen-bond donors (Lipinski definition) is 1. The SMILES string of the molecule is CC(C)(C)c1cc(-c2cc(F)cc(F)c2)n[nH]1. The highest BCUT2D eigenvalue weighted by atomic mass is 19.1. The predicted octanol–water partition coefficient (Wildman–Crippen LogP) is 3.65. The first-order valence-corrected chi connectivity index (χ1v) is 5.38. The molecule has 2 nitrogen and oxygen atoms in total. The Kier molecular flexibility index (Phi) is 2.73. The van der Waals surface area contributed by atoms with Crippen molar-refractivity contribution in [1.82, 2.24) is 10.2 Å². The van der Waals surface area contributed by atoms with Crippen molar-refractivity contribution >= 4 is 0 Å². The zero-order chi connectivity index (χ0) is 12.6. The van der Waals surface area contributed by atoms with Gasteiger partial charge in [-0.2, -0.15) is 5.10 Å². The number of aromatic nitrogens is 2. The number of H-pyrrole nitrogens is 1. The molecule has 2 rings (SSSR count). The summed E-state index contributed by atoms with van der Waals surface area (Å²) in [7, 11) is 0. The van der Waals surface area contributed by atoms with Crippen molar-refractivity contribution in [2.75, 3.05) is 0 Å². The molecule has 0 saturated heterocycles. The third-order valence-corrected chi connectivity index (χ3v) is 2.54. The van der Waals surface area contributed by atoms with Gasteiger partial charge in [0.15, 0.2) is 0 Å². The second-order valence-electron chi connectivity index (χ2n) is 5.07. The summed E-state index contributed by atoms with van der Waals surface area (Å²) in [6.45, 7) is 6.11. The lowest BCUT2D eigenvalue weighted by molar-refractivity contribution is 0.567. The van der Waals surface area contributed by atoms with Crippen LogP contribution in [0.4, 0.5) is 8.78 Å². The van der Waals surface area contributed by atoms with Crippen molar-refractivity contribution in [3.05, 3.63) is 41.6 Å². The standard InChI is InChI=1S/C13H14F2N2/c1-13(2,3)12-7-11(16-17-12)8-4-9(14)6-10(15)5-8/h4-7H,1-3H3,(H,16,17). The lowest BCUT2D eigenvalue weighted by Gasteiger charge is -2.14. The monoisotopic (exact) mass is 236 g/mol. The van der Waals surface area contributed by atoms with Crippen LogP contribution in [-0.2, 0) is 5.41 Å². The van der Waals surface area contributed by atoms with Crippen LogP contribution in [-0.4, -0.2) is 10.2 Å². The summed E-state index contributed by atoms with van der Waals surface area (Å²) in [6.07, 6.45) is 0. The van der Waals surface area contributed by atoms with Gasteiger partial charge < -0.3 is 0 Å². The van der Waals surface area contributed by atoms with Crippen LogP contribution >= 0.6 is 0 Å². The fraction of sp³-hybridized carbons (Fsp3) is 0.308. The molecule has 2 aromatic rings. The Labute approximate surface area is 98.7 Å². The second kappa shape index (κ2) is 3.95. The molecule has 0 bridgehead atoms. The molecular weight excluding hydrogens is 222 g/mol. The van der Waals surface area contributed by atoms with Crippen LogP contribution in [0.5, 0.6) is 0 Å². The van der Waals surface area contributed by atoms with Gasteiger partial charge in [-0.15, -0.1) is 0 Å². The van der Waals surface area contributed by atoms with Crippen LogP contribution in [0.2, 0.25) is 0 Å². The first kappa shape index (κ1) is 11.8. The second-order valence-corrected chi connectivity index (χ2v) is 5.07. The Balaban J connectivity index is 2.44. The van der Waals surface area contributed by atoms with Gasteiger partial charge in [-0.3, -0.25) is 5.10 Å². The Morgan fingerprint density at radius 3 is 2.06 bits per heavy atom. The lowest BCUT2D eigenvalue weighted by atomic mass is 9.92. The number of benzene rings is 1. The molecule has 1 heterocycles. The third-order valence-electron chi connectivity index (χ3n) is 2.54. The van der Waals surface area contributed by atoms with E-state index in [1.54, 1.807) is 0 Å². The van der Waals surface area contributed by atoms with E-state index in [-0.39, 0.29) is 5.41 Å². The number of nitrogens with one attached hydrogen (secondary N) is 1. The molecule has 17 heavy (non-hydrogen) atoms. The summed E-state index contributed by atoms with van der Waals surface area (Å²) in [5, 5.41) is 6.96. The molecule has 1 N–H and O–H groups in total. The number of aromatic amines is 1. The lowest BCUT2D eigenvalue weighted by Crippen LogP contribution is -2.11. The smallest absolute Gasteiger partial charge is 0.126 e. The normalized spacial score (nSPS) is 11.8. The van der Waals surface area contributed by atoms with Crippen molar-refractivity contribution in [2.45, 2.75) is 26.2 Å². The van der Waals surface area contributed by atoms with Crippen molar-refractivity contribution in [2.24, 2.45) is 0 Å². The Bertz CT molecular complexity index is 518. The largest absolute Gasteiger partial charge is 0.281 e. The van der Waals surface area contributed by atoms with Gasteiger partial charge in [0.25, 0.3) is 0 Å². The average molecular weight is 236 g/mol. The van der Waals surface area contributed by atoms with E-state index >= 15 is 0 Å². The van der Waals surface area contributed by atoms with E-state index in [1.165, 1.54) is 12.1 Å². The maximum absolute atomic E-state index is 13.1. The highest BCUT2D eigenvalue weighted by Crippen LogP contribution is 2.26. The molecule has 0 saturated carbocycles. The maximum atomic E-state index is 13.1. The summed E-state index contributed by atoms with van der Waals surface area (Å²) in [6, 6.07) is 5.20. The molecule has 0 fully saturated rings. The van der Waals surface area contributed by atoms with Crippen molar-refractivity contribution in [1.29, 1.82) is 0 Å². The zero-order valence-electron chi connectivity index (χ0n) is 10.0. The van der Waals surface area contributed by atoms with Gasteiger partial charge in [-0.1, -0.05) is 20.8 Å². The molecule has 0 spiro atoms. The first-order valence-electron chi connectivity index (χ1n) is 5.38. The summed E-state index contributed by atoms with van der Waals surface area (Å²) >= 11 is 0. The number of nitrogens with zero attached hydrogens (tertiary/aromatic N) is 1. The third kappa shape index (κ3) is 2.52. The van der Waals surface area contributed by atoms with Crippen molar-refractivity contribution in [3.8, 4) is 11.3 Å². The number of hydrogen-bond acceptors (Lipinski definition) is 1. The summed E-state index contributed by atoms with van der Waals surface area (Å²) in [4.78, 5) is 0. The van der Waals surface area contributed by atoms with Crippen molar-refractivity contribution in [3.63, 3.8) is 0 Å². The topological polar surface area (TPSA) is 28.7 Å². The molecule has 0 unspecified atom stereocenters. The van der Waals surface area contributed by atoms with E-state index in [0.717, 1.165) is 11.8 Å². The van der Waals surface area contributed by atoms with E-state index < -0.39 is 11.6 Å². The van der Waals surface area contributed by atoms with Gasteiger partial charge in [-0.25, -0.2) is 8.78 Å². The average Bonchev–Trinajstić information content (AvgIpc) is 2.63. The molecule has 90 valence electrons. The fourth-order valence-electron chi connectivity index (χ4n) is 1.56. The first-order chi connectivity index (χ1) is 7.86. The number of halogens is 2. The van der Waals surface area contributed by atoms with Gasteiger partial charge >= 0.3 is 0 Å². The molecule has 1 aromatic heterocycles. The highest BCUT2D eigenvalue weighted by molar-refractivity contribution is 5.59. The van der Waals surface area contributed by atoms with E-state index in [4.69, 9.17) is 0 Å². The zero-order valence-corrected chi connectivity index (χ0v) is 10.0. The van der Waals surface area contributed by atoms with Crippen LogP contribution < -0.4 is 0 Å². The minimum absolute atomic E-state index is 0.0723. The van der Waals surface area contributed by atoms with Gasteiger partial charge in [-0.05, 0) is 18.2 Å². The van der Waals surface area contributed by atoms with E-state index in [2.05, 4.69) is 10.2 Å². The predicted molar refractivity (Wildman–Crippen MR) is 62.6 cm³/mol. The van der Waals surface area contributed by atoms with E-state index in [1.807, 2.05) is 26.8 Å². The molecule has 0 atom stereocenters. The van der Waals surface area contributed by atoms with Gasteiger partial charge in [0.2, 0.25) is 0 Å². The molecule has 0 aliphatic heterocycles. The highest BCUT2D eigenvalue weighted by Gasteiger charge is 2.17. The summed E-state index contributed by atoms with van der Waals surface area (Å²) in [5.41, 5.74) is 1.84. The molecular formula is C13H14F2N2. The van der Waals surface area contributed by atoms with E-state index in [9.17, 15) is 8.78 Å². The number of rotatable bonds is 1. The molecule has 0 aliphatic carbocycles. The quantitative estimate of drug-likeness (QED) is 0.804. The van der Waals surface area contributed by atoms with Crippen LogP contribution in [0.15, 0.2) is 24.3 Å². The van der Waals surface area contributed by atoms with Gasteiger partial charge in [0, 0.05) is 22.7 Å². The van der Waals surface area contributed by atoms with Crippen LogP contribution in [0, 0.1) is 11.6 Å². The summed E-state index contributed by atoms with van der Waals surface area (Å²) < 4.78 is 26.2. The molecule has 0 radical (unpaired) electrons. The van der Waals surface area contributed by atoms with E-state index in [0.29, 0.717) is 11.3 Å². The maximum Gasteiger partial charge on any atom is 0.126 e. The fourth-order valence-corrected chi connectivity index (χ4v) is 1.56. The Morgan fingerprint density at radius 2 is 1.59 bits per heavy atom. The Hall–Kier alpha value is -1.71. The minimum Gasteiger partial charge on any atom is -0.281 e. The van der Waals surface area contributed by atoms with Gasteiger partial charge in [0.05, 0.1) is 5.69 Å². The molecule has 0 aliphatic rings. The van der Waals surface area contributed by atoms with Gasteiger partial charge in [0.1, 0.15) is 11.6 Å². The van der Waals surface area contributed by atoms with Crippen LogP contribution in [0.25, 0.3) is 11.3 Å².